The van der Waals surface area contributed by atoms with Gasteiger partial charge in [0.25, 0.3) is 10.2 Å². The van der Waals surface area contributed by atoms with Gasteiger partial charge in [-0.3, -0.25) is 4.79 Å². The molecule has 0 spiro atoms. The van der Waals surface area contributed by atoms with E-state index >= 15 is 0 Å². The molecule has 0 unspecified atom stereocenters. The van der Waals surface area contributed by atoms with Gasteiger partial charge in [-0.05, 0) is 31.4 Å². The Hall–Kier alpha value is -1.38. The number of likely N-dealkylation sites (tertiary alicyclic amines) is 1. The standard InChI is InChI=1S/C14H21N3O4S/c1-16-10-11(6-7-14(16)18)15-22(19,20)17-8-2-4-12(17)13-5-3-9-21-13/h3,5,9,11-12,15H,2,4,6-8,10H2,1H3/t11-,12-/m1/s1. The van der Waals surface area contributed by atoms with E-state index in [-0.39, 0.29) is 18.0 Å². The second-order valence-corrected chi connectivity index (χ2v) is 7.57. The number of rotatable bonds is 4. The molecule has 2 fully saturated rings. The number of nitrogens with zero attached hydrogens (tertiary/aromatic N) is 2. The Kier molecular flexibility index (Phi) is 4.24. The van der Waals surface area contributed by atoms with Gasteiger partial charge in [0.2, 0.25) is 5.91 Å². The molecule has 0 aliphatic carbocycles. The van der Waals surface area contributed by atoms with Crippen LogP contribution in [0.5, 0.6) is 0 Å². The molecule has 0 aromatic carbocycles. The lowest BCUT2D eigenvalue weighted by atomic mass is 10.1. The fourth-order valence-electron chi connectivity index (χ4n) is 3.18. The molecule has 22 heavy (non-hydrogen) atoms. The molecular formula is C14H21N3O4S. The lowest BCUT2D eigenvalue weighted by molar-refractivity contribution is -0.132. The van der Waals surface area contributed by atoms with E-state index in [1.807, 2.05) is 6.07 Å². The molecule has 0 radical (unpaired) electrons. The van der Waals surface area contributed by atoms with Crippen molar-refractivity contribution >= 4 is 16.1 Å². The van der Waals surface area contributed by atoms with Crippen molar-refractivity contribution in [3.63, 3.8) is 0 Å². The van der Waals surface area contributed by atoms with E-state index in [2.05, 4.69) is 4.72 Å². The molecule has 1 aromatic rings. The summed E-state index contributed by atoms with van der Waals surface area (Å²) in [6.45, 7) is 0.902. The molecule has 1 amide bonds. The van der Waals surface area contributed by atoms with Crippen molar-refractivity contribution in [2.75, 3.05) is 20.1 Å². The van der Waals surface area contributed by atoms with E-state index < -0.39 is 10.2 Å². The van der Waals surface area contributed by atoms with Gasteiger partial charge < -0.3 is 9.32 Å². The lowest BCUT2D eigenvalue weighted by Crippen LogP contribution is -2.52. The fourth-order valence-corrected chi connectivity index (χ4v) is 4.84. The van der Waals surface area contributed by atoms with Gasteiger partial charge in [-0.25, -0.2) is 0 Å². The molecule has 0 bridgehead atoms. The molecule has 2 aliphatic rings. The predicted octanol–water partition coefficient (Wildman–Crippen LogP) is 0.872. The maximum Gasteiger partial charge on any atom is 0.280 e. The van der Waals surface area contributed by atoms with E-state index in [1.54, 1.807) is 24.3 Å². The molecule has 8 heteroatoms. The van der Waals surface area contributed by atoms with Crippen molar-refractivity contribution in [3.05, 3.63) is 24.2 Å². The average Bonchev–Trinajstić information content (AvgIpc) is 3.12. The van der Waals surface area contributed by atoms with Crippen LogP contribution in [0, 0.1) is 0 Å². The van der Waals surface area contributed by atoms with Crippen LogP contribution in [0.1, 0.15) is 37.5 Å². The monoisotopic (exact) mass is 327 g/mol. The molecule has 2 saturated heterocycles. The summed E-state index contributed by atoms with van der Waals surface area (Å²) in [6, 6.07) is 3.11. The first-order valence-corrected chi connectivity index (χ1v) is 8.98. The molecule has 3 heterocycles. The van der Waals surface area contributed by atoms with Gasteiger partial charge in [0.1, 0.15) is 5.76 Å². The summed E-state index contributed by atoms with van der Waals surface area (Å²) in [5, 5.41) is 0. The number of nitrogens with one attached hydrogen (secondary N) is 1. The van der Waals surface area contributed by atoms with Crippen LogP contribution in [0.3, 0.4) is 0 Å². The highest BCUT2D eigenvalue weighted by Crippen LogP contribution is 2.34. The maximum absolute atomic E-state index is 12.7. The van der Waals surface area contributed by atoms with Crippen molar-refractivity contribution in [2.24, 2.45) is 0 Å². The highest BCUT2D eigenvalue weighted by molar-refractivity contribution is 7.87. The minimum Gasteiger partial charge on any atom is -0.468 e. The van der Waals surface area contributed by atoms with Gasteiger partial charge >= 0.3 is 0 Å². The van der Waals surface area contributed by atoms with E-state index in [0.29, 0.717) is 31.7 Å². The third-order valence-electron chi connectivity index (χ3n) is 4.33. The summed E-state index contributed by atoms with van der Waals surface area (Å²) in [7, 11) is -1.89. The van der Waals surface area contributed by atoms with E-state index in [9.17, 15) is 13.2 Å². The average molecular weight is 327 g/mol. The molecule has 2 atom stereocenters. The van der Waals surface area contributed by atoms with Gasteiger partial charge in [0, 0.05) is 32.6 Å². The second-order valence-electron chi connectivity index (χ2n) is 5.92. The highest BCUT2D eigenvalue weighted by atomic mass is 32.2. The molecule has 1 aromatic heterocycles. The Labute approximate surface area is 130 Å². The minimum atomic E-state index is -3.59. The van der Waals surface area contributed by atoms with Crippen LogP contribution >= 0.6 is 0 Å². The van der Waals surface area contributed by atoms with Crippen molar-refractivity contribution in [2.45, 2.75) is 37.8 Å². The largest absolute Gasteiger partial charge is 0.468 e. The minimum absolute atomic E-state index is 0.0603. The van der Waals surface area contributed by atoms with Gasteiger partial charge in [0.15, 0.2) is 0 Å². The van der Waals surface area contributed by atoms with Crippen LogP contribution in [-0.2, 0) is 15.0 Å². The van der Waals surface area contributed by atoms with E-state index in [0.717, 1.165) is 12.8 Å². The number of furan rings is 1. The maximum atomic E-state index is 12.7. The Morgan fingerprint density at radius 1 is 1.36 bits per heavy atom. The van der Waals surface area contributed by atoms with Crippen LogP contribution < -0.4 is 4.72 Å². The molecule has 7 nitrogen and oxygen atoms in total. The number of carbonyl (C=O) groups is 1. The summed E-state index contributed by atoms with van der Waals surface area (Å²) in [5.74, 6) is 0.740. The summed E-state index contributed by atoms with van der Waals surface area (Å²) >= 11 is 0. The molecule has 1 N–H and O–H groups in total. The van der Waals surface area contributed by atoms with Crippen LogP contribution in [0.4, 0.5) is 0 Å². The summed E-state index contributed by atoms with van der Waals surface area (Å²) < 4.78 is 34.9. The second kappa shape index (κ2) is 6.02. The number of hydrogen-bond donors (Lipinski definition) is 1. The Bertz CT molecular complexity index is 629. The van der Waals surface area contributed by atoms with Crippen molar-refractivity contribution in [3.8, 4) is 0 Å². The van der Waals surface area contributed by atoms with Crippen LogP contribution in [-0.4, -0.2) is 49.7 Å². The number of piperidine rings is 1. The quantitative estimate of drug-likeness (QED) is 0.889. The van der Waals surface area contributed by atoms with Crippen molar-refractivity contribution in [1.82, 2.24) is 13.9 Å². The summed E-state index contributed by atoms with van der Waals surface area (Å²) in [6.07, 6.45) is 4.06. The predicted molar refractivity (Wildman–Crippen MR) is 80.1 cm³/mol. The SMILES string of the molecule is CN1C[C@H](NS(=O)(=O)N2CCC[C@@H]2c2ccco2)CCC1=O. The summed E-state index contributed by atoms with van der Waals surface area (Å²) in [5.41, 5.74) is 0. The number of carbonyl (C=O) groups excluding carboxylic acids is 1. The Balaban J connectivity index is 1.71. The first-order valence-electron chi connectivity index (χ1n) is 7.54. The molecule has 3 rings (SSSR count). The number of hydrogen-bond acceptors (Lipinski definition) is 4. The van der Waals surface area contributed by atoms with E-state index in [4.69, 9.17) is 4.42 Å². The fraction of sp³-hybridized carbons (Fsp3) is 0.643. The van der Waals surface area contributed by atoms with Crippen LogP contribution in [0.15, 0.2) is 22.8 Å². The normalized spacial score (nSPS) is 27.5. The zero-order chi connectivity index (χ0) is 15.7. The Morgan fingerprint density at radius 3 is 2.86 bits per heavy atom. The highest BCUT2D eigenvalue weighted by Gasteiger charge is 2.38. The van der Waals surface area contributed by atoms with Gasteiger partial charge in [-0.1, -0.05) is 0 Å². The third kappa shape index (κ3) is 3.04. The number of likely N-dealkylation sites (N-methyl/N-ethyl adjacent to an activating group) is 1. The third-order valence-corrected chi connectivity index (χ3v) is 6.01. The molecular weight excluding hydrogens is 306 g/mol. The van der Waals surface area contributed by atoms with Crippen molar-refractivity contribution in [1.29, 1.82) is 0 Å². The van der Waals surface area contributed by atoms with Crippen LogP contribution in [0.2, 0.25) is 0 Å². The molecule has 2 aliphatic heterocycles. The van der Waals surface area contributed by atoms with Gasteiger partial charge in [-0.15, -0.1) is 0 Å². The first kappa shape index (κ1) is 15.5. The smallest absolute Gasteiger partial charge is 0.280 e. The zero-order valence-electron chi connectivity index (χ0n) is 12.6. The van der Waals surface area contributed by atoms with Crippen molar-refractivity contribution < 1.29 is 17.6 Å². The van der Waals surface area contributed by atoms with E-state index in [1.165, 1.54) is 4.31 Å². The summed E-state index contributed by atoms with van der Waals surface area (Å²) in [4.78, 5) is 13.1. The lowest BCUT2D eigenvalue weighted by Gasteiger charge is -2.32. The molecule has 122 valence electrons. The Morgan fingerprint density at radius 2 is 2.18 bits per heavy atom. The van der Waals surface area contributed by atoms with Crippen LogP contribution in [0.25, 0.3) is 0 Å². The zero-order valence-corrected chi connectivity index (χ0v) is 13.4. The molecule has 0 saturated carbocycles. The van der Waals surface area contributed by atoms with Gasteiger partial charge in [-0.2, -0.15) is 17.4 Å². The first-order chi connectivity index (χ1) is 10.5. The topological polar surface area (TPSA) is 82.9 Å². The van der Waals surface area contributed by atoms with Gasteiger partial charge in [0.05, 0.1) is 12.3 Å². The number of amides is 1.